The van der Waals surface area contributed by atoms with Gasteiger partial charge in [0.05, 0.1) is 13.0 Å². The third kappa shape index (κ3) is 4.72. The van der Waals surface area contributed by atoms with E-state index in [4.69, 9.17) is 5.11 Å². The van der Waals surface area contributed by atoms with Gasteiger partial charge in [0.2, 0.25) is 5.91 Å². The van der Waals surface area contributed by atoms with Gasteiger partial charge in [-0.25, -0.2) is 4.39 Å². The van der Waals surface area contributed by atoms with Crippen LogP contribution in [-0.4, -0.2) is 48.1 Å². The Morgan fingerprint density at radius 3 is 2.59 bits per heavy atom. The van der Waals surface area contributed by atoms with E-state index >= 15 is 0 Å². The quantitative estimate of drug-likeness (QED) is 0.874. The van der Waals surface area contributed by atoms with Gasteiger partial charge in [-0.1, -0.05) is 6.07 Å². The number of hydrogen-bond donors (Lipinski definition) is 1. The fraction of sp³-hybridized carbons (Fsp3) is 0.500. The number of halogens is 1. The van der Waals surface area contributed by atoms with Crippen molar-refractivity contribution in [2.45, 2.75) is 25.7 Å². The molecule has 5 nitrogen and oxygen atoms in total. The molecular formula is C16H21FN2O3. The first-order valence-corrected chi connectivity index (χ1v) is 7.56. The van der Waals surface area contributed by atoms with Crippen LogP contribution in [-0.2, 0) is 9.59 Å². The molecule has 0 aromatic heterocycles. The average molecular weight is 308 g/mol. The highest BCUT2D eigenvalue weighted by Crippen LogP contribution is 2.17. The number of hydrogen-bond acceptors (Lipinski definition) is 3. The maximum atomic E-state index is 13.4. The number of benzene rings is 1. The minimum Gasteiger partial charge on any atom is -0.481 e. The number of likely N-dealkylation sites (tertiary alicyclic amines) is 1. The summed E-state index contributed by atoms with van der Waals surface area (Å²) in [6.07, 6.45) is 3.04. The third-order valence-corrected chi connectivity index (χ3v) is 3.80. The molecule has 0 bridgehead atoms. The maximum Gasteiger partial charge on any atom is 0.305 e. The van der Waals surface area contributed by atoms with Crippen molar-refractivity contribution in [1.82, 2.24) is 4.90 Å². The summed E-state index contributed by atoms with van der Waals surface area (Å²) >= 11 is 0. The van der Waals surface area contributed by atoms with E-state index in [0.29, 0.717) is 5.69 Å². The zero-order chi connectivity index (χ0) is 15.9. The van der Waals surface area contributed by atoms with Crippen LogP contribution in [0.25, 0.3) is 0 Å². The second-order valence-electron chi connectivity index (χ2n) is 5.49. The molecular weight excluding hydrogens is 287 g/mol. The molecule has 0 spiro atoms. The summed E-state index contributed by atoms with van der Waals surface area (Å²) in [6, 6.07) is 5.90. The smallest absolute Gasteiger partial charge is 0.305 e. The topological polar surface area (TPSA) is 60.9 Å². The van der Waals surface area contributed by atoms with E-state index in [1.165, 1.54) is 12.1 Å². The van der Waals surface area contributed by atoms with Crippen LogP contribution in [0.1, 0.15) is 25.7 Å². The molecule has 0 atom stereocenters. The number of anilines is 1. The van der Waals surface area contributed by atoms with Crippen molar-refractivity contribution in [2.75, 3.05) is 31.1 Å². The highest BCUT2D eigenvalue weighted by atomic mass is 19.1. The van der Waals surface area contributed by atoms with E-state index in [1.54, 1.807) is 21.9 Å². The zero-order valence-electron chi connectivity index (χ0n) is 12.5. The lowest BCUT2D eigenvalue weighted by atomic mass is 10.1. The first-order chi connectivity index (χ1) is 10.6. The Labute approximate surface area is 129 Å². The van der Waals surface area contributed by atoms with E-state index in [2.05, 4.69) is 0 Å². The summed E-state index contributed by atoms with van der Waals surface area (Å²) in [6.45, 7) is 1.75. The summed E-state index contributed by atoms with van der Waals surface area (Å²) in [4.78, 5) is 26.6. The Morgan fingerprint density at radius 1 is 1.23 bits per heavy atom. The normalized spacial score (nSPS) is 14.7. The Hall–Kier alpha value is -2.11. The summed E-state index contributed by atoms with van der Waals surface area (Å²) in [5.74, 6) is -1.37. The van der Waals surface area contributed by atoms with Crippen molar-refractivity contribution >= 4 is 17.6 Å². The van der Waals surface area contributed by atoms with Gasteiger partial charge in [-0.05, 0) is 37.5 Å². The Bertz CT molecular complexity index is 530. The van der Waals surface area contributed by atoms with Crippen molar-refractivity contribution in [3.63, 3.8) is 0 Å². The van der Waals surface area contributed by atoms with Crippen molar-refractivity contribution in [1.29, 1.82) is 0 Å². The van der Waals surface area contributed by atoms with Gasteiger partial charge >= 0.3 is 5.97 Å². The Balaban J connectivity index is 2.06. The lowest BCUT2D eigenvalue weighted by Gasteiger charge is -2.30. The molecule has 0 saturated carbocycles. The molecule has 2 rings (SSSR count). The van der Waals surface area contributed by atoms with Crippen molar-refractivity contribution in [3.8, 4) is 0 Å². The van der Waals surface area contributed by atoms with Gasteiger partial charge < -0.3 is 14.9 Å². The fourth-order valence-corrected chi connectivity index (χ4v) is 2.61. The molecule has 22 heavy (non-hydrogen) atoms. The van der Waals surface area contributed by atoms with E-state index in [0.717, 1.165) is 32.4 Å². The van der Waals surface area contributed by atoms with E-state index in [-0.39, 0.29) is 25.4 Å². The number of rotatable bonds is 6. The molecule has 1 saturated heterocycles. The number of carbonyl (C=O) groups is 2. The summed E-state index contributed by atoms with van der Waals surface area (Å²) in [7, 11) is 0. The molecule has 0 aliphatic carbocycles. The molecule has 0 unspecified atom stereocenters. The van der Waals surface area contributed by atoms with Gasteiger partial charge in [-0.2, -0.15) is 0 Å². The molecule has 1 amide bonds. The highest BCUT2D eigenvalue weighted by molar-refractivity contribution is 5.82. The predicted octanol–water partition coefficient (Wildman–Crippen LogP) is 2.12. The standard InChI is InChI=1S/C16H21FN2O3/c17-13-5-4-6-14(11-13)19(10-7-16(21)22)12-15(20)18-8-2-1-3-9-18/h4-6,11H,1-3,7-10,12H2,(H,21,22). The highest BCUT2D eigenvalue weighted by Gasteiger charge is 2.20. The minimum absolute atomic E-state index is 0.0330. The van der Waals surface area contributed by atoms with Crippen LogP contribution in [0.2, 0.25) is 0 Å². The number of aliphatic carboxylic acids is 1. The Morgan fingerprint density at radius 2 is 1.95 bits per heavy atom. The summed E-state index contributed by atoms with van der Waals surface area (Å²) in [5, 5.41) is 8.85. The van der Waals surface area contributed by atoms with Gasteiger partial charge in [0, 0.05) is 25.3 Å². The lowest BCUT2D eigenvalue weighted by Crippen LogP contribution is -2.43. The molecule has 1 aromatic rings. The molecule has 1 aliphatic heterocycles. The summed E-state index contributed by atoms with van der Waals surface area (Å²) in [5.41, 5.74) is 0.534. The van der Waals surface area contributed by atoms with Crippen molar-refractivity contribution < 1.29 is 19.1 Å². The molecule has 6 heteroatoms. The van der Waals surface area contributed by atoms with Crippen molar-refractivity contribution in [2.24, 2.45) is 0 Å². The van der Waals surface area contributed by atoms with Crippen LogP contribution in [0.5, 0.6) is 0 Å². The number of amides is 1. The number of piperidine rings is 1. The molecule has 1 aromatic carbocycles. The number of carbonyl (C=O) groups excluding carboxylic acids is 1. The van der Waals surface area contributed by atoms with Crippen LogP contribution < -0.4 is 4.90 Å². The van der Waals surface area contributed by atoms with Crippen LogP contribution in [0, 0.1) is 5.82 Å². The van der Waals surface area contributed by atoms with Gasteiger partial charge in [-0.3, -0.25) is 9.59 Å². The largest absolute Gasteiger partial charge is 0.481 e. The van der Waals surface area contributed by atoms with E-state index in [9.17, 15) is 14.0 Å². The van der Waals surface area contributed by atoms with Crippen LogP contribution in [0.3, 0.4) is 0 Å². The van der Waals surface area contributed by atoms with Gasteiger partial charge in [0.15, 0.2) is 0 Å². The van der Waals surface area contributed by atoms with Gasteiger partial charge in [0.25, 0.3) is 0 Å². The second kappa shape index (κ2) is 7.77. The van der Waals surface area contributed by atoms with Gasteiger partial charge in [0.1, 0.15) is 5.82 Å². The predicted molar refractivity (Wildman–Crippen MR) is 81.3 cm³/mol. The third-order valence-electron chi connectivity index (χ3n) is 3.80. The maximum absolute atomic E-state index is 13.4. The van der Waals surface area contributed by atoms with Crippen LogP contribution in [0.15, 0.2) is 24.3 Å². The second-order valence-corrected chi connectivity index (χ2v) is 5.49. The SMILES string of the molecule is O=C(O)CCN(CC(=O)N1CCCCC1)c1cccc(F)c1. The number of carboxylic acid groups (broad SMARTS) is 1. The monoisotopic (exact) mass is 308 g/mol. The number of carboxylic acids is 1. The molecule has 1 N–H and O–H groups in total. The Kier molecular flexibility index (Phi) is 5.75. The zero-order valence-corrected chi connectivity index (χ0v) is 12.5. The van der Waals surface area contributed by atoms with Crippen molar-refractivity contribution in [3.05, 3.63) is 30.1 Å². The minimum atomic E-state index is -0.938. The lowest BCUT2D eigenvalue weighted by molar-refractivity contribution is -0.137. The average Bonchev–Trinajstić information content (AvgIpc) is 2.52. The number of nitrogens with zero attached hydrogens (tertiary/aromatic N) is 2. The molecule has 120 valence electrons. The van der Waals surface area contributed by atoms with Crippen LogP contribution in [0.4, 0.5) is 10.1 Å². The first-order valence-electron chi connectivity index (χ1n) is 7.56. The first kappa shape index (κ1) is 16.3. The van der Waals surface area contributed by atoms with Crippen LogP contribution >= 0.6 is 0 Å². The molecule has 1 heterocycles. The van der Waals surface area contributed by atoms with E-state index < -0.39 is 11.8 Å². The molecule has 0 radical (unpaired) electrons. The molecule has 1 fully saturated rings. The van der Waals surface area contributed by atoms with Gasteiger partial charge in [-0.15, -0.1) is 0 Å². The van der Waals surface area contributed by atoms with E-state index in [1.807, 2.05) is 0 Å². The fourth-order valence-electron chi connectivity index (χ4n) is 2.61. The molecule has 1 aliphatic rings. The summed E-state index contributed by atoms with van der Waals surface area (Å²) < 4.78 is 13.4.